The Labute approximate surface area is 67.3 Å². The van der Waals surface area contributed by atoms with Gasteiger partial charge in [0.1, 0.15) is 0 Å². The Morgan fingerprint density at radius 2 is 2.36 bits per heavy atom. The van der Waals surface area contributed by atoms with E-state index in [1.165, 1.54) is 11.3 Å². The number of hydrogen-bond acceptors (Lipinski definition) is 1. The monoisotopic (exact) mass is 150 g/mol. The van der Waals surface area contributed by atoms with Gasteiger partial charge in [0.2, 0.25) is 0 Å². The molecule has 0 saturated carbocycles. The normalized spacial score (nSPS) is 11.2. The molecule has 0 aliphatic carbocycles. The van der Waals surface area contributed by atoms with Gasteiger partial charge < -0.3 is 10.3 Å². The predicted molar refractivity (Wildman–Crippen MR) is 48.0 cm³/mol. The molecule has 1 rings (SSSR count). The van der Waals surface area contributed by atoms with Gasteiger partial charge in [0.15, 0.2) is 0 Å². The van der Waals surface area contributed by atoms with E-state index in [0.29, 0.717) is 6.54 Å². The van der Waals surface area contributed by atoms with E-state index < -0.39 is 0 Å². The number of rotatable bonds is 2. The molecule has 2 N–H and O–H groups in total. The maximum absolute atomic E-state index is 5.49. The zero-order valence-corrected chi connectivity index (χ0v) is 7.04. The highest BCUT2D eigenvalue weighted by atomic mass is 14.9. The van der Waals surface area contributed by atoms with Crippen molar-refractivity contribution in [3.63, 3.8) is 0 Å². The average molecular weight is 150 g/mol. The van der Waals surface area contributed by atoms with Gasteiger partial charge in [0.05, 0.1) is 0 Å². The third kappa shape index (κ3) is 1.71. The van der Waals surface area contributed by atoms with Crippen LogP contribution >= 0.6 is 0 Å². The first-order valence-electron chi connectivity index (χ1n) is 3.76. The molecule has 0 unspecified atom stereocenters. The van der Waals surface area contributed by atoms with Crippen LogP contribution in [0.3, 0.4) is 0 Å². The topological polar surface area (TPSA) is 30.9 Å². The maximum atomic E-state index is 5.49. The molecule has 0 radical (unpaired) electrons. The number of nitrogens with zero attached hydrogens (tertiary/aromatic N) is 1. The molecule has 0 fully saturated rings. The van der Waals surface area contributed by atoms with Crippen molar-refractivity contribution >= 4 is 6.08 Å². The van der Waals surface area contributed by atoms with E-state index in [2.05, 4.69) is 22.9 Å². The summed E-state index contributed by atoms with van der Waals surface area (Å²) in [6.07, 6.45) is 6.14. The van der Waals surface area contributed by atoms with Crippen LogP contribution in [-0.4, -0.2) is 4.57 Å². The first kappa shape index (κ1) is 8.08. The van der Waals surface area contributed by atoms with Crippen LogP contribution in [0.5, 0.6) is 0 Å². The SMILES string of the molecule is C/C=C\c1cc(CN)cn1C. The highest BCUT2D eigenvalue weighted by Gasteiger charge is 1.96. The Kier molecular flexibility index (Phi) is 2.49. The molecule has 0 amide bonds. The van der Waals surface area contributed by atoms with Gasteiger partial charge in [-0.1, -0.05) is 6.08 Å². The third-order valence-electron chi connectivity index (χ3n) is 1.67. The Balaban J connectivity index is 2.97. The summed E-state index contributed by atoms with van der Waals surface area (Å²) < 4.78 is 2.07. The second-order valence-electron chi connectivity index (χ2n) is 2.59. The molecular weight excluding hydrogens is 136 g/mol. The quantitative estimate of drug-likeness (QED) is 0.680. The molecule has 60 valence electrons. The maximum Gasteiger partial charge on any atom is 0.0404 e. The third-order valence-corrected chi connectivity index (χ3v) is 1.67. The van der Waals surface area contributed by atoms with Crippen LogP contribution in [0.1, 0.15) is 18.2 Å². The van der Waals surface area contributed by atoms with Gasteiger partial charge in [-0.05, 0) is 24.6 Å². The van der Waals surface area contributed by atoms with Gasteiger partial charge in [0.25, 0.3) is 0 Å². The lowest BCUT2D eigenvalue weighted by Crippen LogP contribution is -1.93. The molecule has 0 saturated heterocycles. The van der Waals surface area contributed by atoms with Crippen molar-refractivity contribution in [3.05, 3.63) is 29.6 Å². The Hall–Kier alpha value is -1.02. The Bertz CT molecular complexity index is 259. The van der Waals surface area contributed by atoms with E-state index >= 15 is 0 Å². The fourth-order valence-corrected chi connectivity index (χ4v) is 1.10. The first-order valence-corrected chi connectivity index (χ1v) is 3.76. The van der Waals surface area contributed by atoms with E-state index in [-0.39, 0.29) is 0 Å². The summed E-state index contributed by atoms with van der Waals surface area (Å²) >= 11 is 0. The van der Waals surface area contributed by atoms with Crippen LogP contribution in [0.25, 0.3) is 6.08 Å². The van der Waals surface area contributed by atoms with E-state index in [1.54, 1.807) is 0 Å². The minimum atomic E-state index is 0.616. The van der Waals surface area contributed by atoms with Crippen LogP contribution < -0.4 is 5.73 Å². The fraction of sp³-hybridized carbons (Fsp3) is 0.333. The average Bonchev–Trinajstić information content (AvgIpc) is 2.33. The highest BCUT2D eigenvalue weighted by Crippen LogP contribution is 2.07. The molecule has 0 aromatic carbocycles. The summed E-state index contributed by atoms with van der Waals surface area (Å²) in [5.41, 5.74) is 7.87. The lowest BCUT2D eigenvalue weighted by Gasteiger charge is -1.92. The summed E-state index contributed by atoms with van der Waals surface area (Å²) in [7, 11) is 2.02. The highest BCUT2D eigenvalue weighted by molar-refractivity contribution is 5.46. The minimum absolute atomic E-state index is 0.616. The first-order chi connectivity index (χ1) is 5.27. The minimum Gasteiger partial charge on any atom is -0.351 e. The molecule has 2 heteroatoms. The van der Waals surface area contributed by atoms with Crippen molar-refractivity contribution in [2.45, 2.75) is 13.5 Å². The van der Waals surface area contributed by atoms with Crippen LogP contribution in [-0.2, 0) is 13.6 Å². The van der Waals surface area contributed by atoms with Gasteiger partial charge in [0, 0.05) is 25.5 Å². The molecule has 0 bridgehead atoms. The summed E-state index contributed by atoms with van der Waals surface area (Å²) in [5, 5.41) is 0. The molecule has 0 atom stereocenters. The van der Waals surface area contributed by atoms with Crippen molar-refractivity contribution in [2.75, 3.05) is 0 Å². The summed E-state index contributed by atoms with van der Waals surface area (Å²) in [6.45, 7) is 2.63. The number of hydrogen-bond donors (Lipinski definition) is 1. The van der Waals surface area contributed by atoms with E-state index in [1.807, 2.05) is 20.0 Å². The molecule has 1 heterocycles. The molecule has 1 aromatic rings. The van der Waals surface area contributed by atoms with Crippen molar-refractivity contribution in [1.82, 2.24) is 4.57 Å². The molecule has 2 nitrogen and oxygen atoms in total. The number of allylic oxidation sites excluding steroid dienone is 1. The van der Waals surface area contributed by atoms with Gasteiger partial charge in [-0.3, -0.25) is 0 Å². The second kappa shape index (κ2) is 3.39. The van der Waals surface area contributed by atoms with Crippen LogP contribution in [0.2, 0.25) is 0 Å². The van der Waals surface area contributed by atoms with Crippen LogP contribution in [0.15, 0.2) is 18.3 Å². The number of aromatic nitrogens is 1. The number of nitrogens with two attached hydrogens (primary N) is 1. The van der Waals surface area contributed by atoms with Gasteiger partial charge in [-0.25, -0.2) is 0 Å². The zero-order valence-electron chi connectivity index (χ0n) is 7.04. The zero-order chi connectivity index (χ0) is 8.27. The lowest BCUT2D eigenvalue weighted by molar-refractivity contribution is 0.905. The molecule has 0 aliphatic rings. The molecule has 1 aromatic heterocycles. The van der Waals surface area contributed by atoms with E-state index in [4.69, 9.17) is 5.73 Å². The number of aryl methyl sites for hydroxylation is 1. The van der Waals surface area contributed by atoms with Crippen molar-refractivity contribution < 1.29 is 0 Å². The summed E-state index contributed by atoms with van der Waals surface area (Å²) in [6, 6.07) is 2.10. The molecule has 11 heavy (non-hydrogen) atoms. The molecular formula is C9H14N2. The lowest BCUT2D eigenvalue weighted by atomic mass is 10.3. The standard InChI is InChI=1S/C9H14N2/c1-3-4-9-5-8(6-10)7-11(9)2/h3-5,7H,6,10H2,1-2H3/b4-3-. The largest absolute Gasteiger partial charge is 0.351 e. The van der Waals surface area contributed by atoms with E-state index in [9.17, 15) is 0 Å². The van der Waals surface area contributed by atoms with Crippen molar-refractivity contribution in [3.8, 4) is 0 Å². The van der Waals surface area contributed by atoms with Gasteiger partial charge >= 0.3 is 0 Å². The fourth-order valence-electron chi connectivity index (χ4n) is 1.10. The molecule has 0 spiro atoms. The molecule has 0 aliphatic heterocycles. The smallest absolute Gasteiger partial charge is 0.0404 e. The Morgan fingerprint density at radius 1 is 1.64 bits per heavy atom. The van der Waals surface area contributed by atoms with Crippen LogP contribution in [0, 0.1) is 0 Å². The predicted octanol–water partition coefficient (Wildman–Crippen LogP) is 1.52. The van der Waals surface area contributed by atoms with Gasteiger partial charge in [-0.2, -0.15) is 0 Å². The van der Waals surface area contributed by atoms with Crippen molar-refractivity contribution in [2.24, 2.45) is 12.8 Å². The second-order valence-corrected chi connectivity index (χ2v) is 2.59. The summed E-state index contributed by atoms with van der Waals surface area (Å²) in [5.74, 6) is 0. The summed E-state index contributed by atoms with van der Waals surface area (Å²) in [4.78, 5) is 0. The van der Waals surface area contributed by atoms with Crippen molar-refractivity contribution in [1.29, 1.82) is 0 Å². The Morgan fingerprint density at radius 3 is 2.82 bits per heavy atom. The van der Waals surface area contributed by atoms with Gasteiger partial charge in [-0.15, -0.1) is 0 Å². The van der Waals surface area contributed by atoms with Crippen LogP contribution in [0.4, 0.5) is 0 Å². The van der Waals surface area contributed by atoms with E-state index in [0.717, 1.165) is 0 Å².